The minimum atomic E-state index is -0.298. The lowest BCUT2D eigenvalue weighted by molar-refractivity contribution is -0.123. The molecule has 0 spiro atoms. The molecule has 1 N–H and O–H groups in total. The average Bonchev–Trinajstić information content (AvgIpc) is 2.69. The molecule has 3 heteroatoms. The van der Waals surface area contributed by atoms with Gasteiger partial charge in [0.25, 0.3) is 0 Å². The zero-order chi connectivity index (χ0) is 10.1. The summed E-state index contributed by atoms with van der Waals surface area (Å²) in [6.45, 7) is 5.81. The molecule has 0 aromatic heterocycles. The summed E-state index contributed by atoms with van der Waals surface area (Å²) in [5.74, 6) is 0.779. The van der Waals surface area contributed by atoms with E-state index < -0.39 is 0 Å². The van der Waals surface area contributed by atoms with Gasteiger partial charge in [-0.2, -0.15) is 0 Å². The van der Waals surface area contributed by atoms with Gasteiger partial charge in [0.1, 0.15) is 0 Å². The molecule has 1 unspecified atom stereocenters. The maximum absolute atomic E-state index is 11.4. The second-order valence-electron chi connectivity index (χ2n) is 4.53. The molecule has 1 fully saturated rings. The Morgan fingerprint density at radius 1 is 1.62 bits per heavy atom. The van der Waals surface area contributed by atoms with Gasteiger partial charge in [-0.15, -0.1) is 11.6 Å². The van der Waals surface area contributed by atoms with Gasteiger partial charge in [-0.05, 0) is 39.5 Å². The van der Waals surface area contributed by atoms with E-state index in [9.17, 15) is 4.79 Å². The number of carbonyl (C=O) groups is 1. The normalized spacial score (nSPS) is 19.7. The van der Waals surface area contributed by atoms with E-state index in [1.54, 1.807) is 0 Å². The van der Waals surface area contributed by atoms with Gasteiger partial charge in [-0.25, -0.2) is 0 Å². The van der Waals surface area contributed by atoms with Gasteiger partial charge < -0.3 is 5.32 Å². The zero-order valence-electron chi connectivity index (χ0n) is 8.56. The van der Waals surface area contributed by atoms with Crippen molar-refractivity contribution in [3.63, 3.8) is 0 Å². The van der Waals surface area contributed by atoms with Gasteiger partial charge in [0.15, 0.2) is 0 Å². The van der Waals surface area contributed by atoms with Gasteiger partial charge in [-0.3, -0.25) is 4.79 Å². The number of carbonyl (C=O) groups excluding carboxylic acids is 1. The van der Waals surface area contributed by atoms with Crippen LogP contribution in [-0.4, -0.2) is 16.8 Å². The summed E-state index contributed by atoms with van der Waals surface area (Å²) in [7, 11) is 0. The summed E-state index contributed by atoms with van der Waals surface area (Å²) in [6.07, 6.45) is 3.10. The quantitative estimate of drug-likeness (QED) is 0.699. The largest absolute Gasteiger partial charge is 0.350 e. The van der Waals surface area contributed by atoms with Crippen LogP contribution >= 0.6 is 11.6 Å². The van der Waals surface area contributed by atoms with Crippen LogP contribution in [0.1, 0.15) is 40.0 Å². The first-order valence-corrected chi connectivity index (χ1v) is 5.30. The fourth-order valence-electron chi connectivity index (χ4n) is 1.09. The first-order chi connectivity index (χ1) is 5.92. The van der Waals surface area contributed by atoms with Crippen molar-refractivity contribution in [3.8, 4) is 0 Å². The van der Waals surface area contributed by atoms with E-state index >= 15 is 0 Å². The molecule has 0 heterocycles. The third-order valence-corrected chi connectivity index (χ3v) is 3.17. The van der Waals surface area contributed by atoms with Crippen LogP contribution in [0.5, 0.6) is 0 Å². The molecule has 0 saturated heterocycles. The van der Waals surface area contributed by atoms with Crippen LogP contribution in [0.4, 0.5) is 0 Å². The molecule has 0 aromatic carbocycles. The third kappa shape index (κ3) is 3.55. The van der Waals surface area contributed by atoms with Crippen LogP contribution in [0.2, 0.25) is 0 Å². The number of amides is 1. The molecule has 0 radical (unpaired) electrons. The molecule has 1 aliphatic carbocycles. The summed E-state index contributed by atoms with van der Waals surface area (Å²) in [4.78, 5) is 11.4. The van der Waals surface area contributed by atoms with Gasteiger partial charge in [0, 0.05) is 6.42 Å². The molecule has 0 aliphatic heterocycles. The van der Waals surface area contributed by atoms with E-state index in [0.29, 0.717) is 12.3 Å². The lowest BCUT2D eigenvalue weighted by Gasteiger charge is -2.28. The van der Waals surface area contributed by atoms with Crippen LogP contribution in [0.3, 0.4) is 0 Å². The molecule has 2 nitrogen and oxygen atoms in total. The maximum Gasteiger partial charge on any atom is 0.220 e. The van der Waals surface area contributed by atoms with Crippen LogP contribution < -0.4 is 5.32 Å². The fourth-order valence-corrected chi connectivity index (χ4v) is 1.15. The third-order valence-electron chi connectivity index (χ3n) is 2.63. The van der Waals surface area contributed by atoms with E-state index in [4.69, 9.17) is 11.6 Å². The Labute approximate surface area is 85.0 Å². The highest BCUT2D eigenvalue weighted by atomic mass is 35.5. The maximum atomic E-state index is 11.4. The molecule has 0 aromatic rings. The Morgan fingerprint density at radius 3 is 2.54 bits per heavy atom. The van der Waals surface area contributed by atoms with Crippen LogP contribution in [0.25, 0.3) is 0 Å². The monoisotopic (exact) mass is 203 g/mol. The number of hydrogen-bond acceptors (Lipinski definition) is 1. The summed E-state index contributed by atoms with van der Waals surface area (Å²) < 4.78 is 0. The van der Waals surface area contributed by atoms with E-state index in [1.165, 1.54) is 12.8 Å². The van der Waals surface area contributed by atoms with Gasteiger partial charge in [0.05, 0.1) is 10.9 Å². The molecule has 76 valence electrons. The first-order valence-electron chi connectivity index (χ1n) is 4.87. The average molecular weight is 204 g/mol. The van der Waals surface area contributed by atoms with Crippen molar-refractivity contribution in [3.05, 3.63) is 0 Å². The van der Waals surface area contributed by atoms with E-state index in [2.05, 4.69) is 5.32 Å². The van der Waals surface area contributed by atoms with Gasteiger partial charge in [0.2, 0.25) is 5.91 Å². The highest BCUT2D eigenvalue weighted by Gasteiger charge is 2.29. The van der Waals surface area contributed by atoms with Crippen LogP contribution in [0.15, 0.2) is 0 Å². The minimum absolute atomic E-state index is 0.0457. The number of rotatable bonds is 4. The second-order valence-corrected chi connectivity index (χ2v) is 5.19. The second kappa shape index (κ2) is 3.87. The van der Waals surface area contributed by atoms with Crippen molar-refractivity contribution in [2.75, 3.05) is 0 Å². The standard InChI is InChI=1S/C10H18ClNO/c1-7(11)10(2,3)12-9(13)6-8-4-5-8/h7-8H,4-6H2,1-3H3,(H,12,13). The summed E-state index contributed by atoms with van der Waals surface area (Å²) in [5.41, 5.74) is -0.298. The van der Waals surface area contributed by atoms with Gasteiger partial charge >= 0.3 is 0 Å². The highest BCUT2D eigenvalue weighted by Crippen LogP contribution is 2.32. The van der Waals surface area contributed by atoms with Crippen molar-refractivity contribution in [2.45, 2.75) is 50.9 Å². The number of halogens is 1. The zero-order valence-corrected chi connectivity index (χ0v) is 9.32. The highest BCUT2D eigenvalue weighted by molar-refractivity contribution is 6.21. The van der Waals surface area contributed by atoms with Crippen molar-refractivity contribution < 1.29 is 4.79 Å². The Kier molecular flexibility index (Phi) is 3.23. The Balaban J connectivity index is 2.32. The molecule has 1 rings (SSSR count). The Morgan fingerprint density at radius 2 is 2.15 bits per heavy atom. The van der Waals surface area contributed by atoms with E-state index in [-0.39, 0.29) is 16.8 Å². The van der Waals surface area contributed by atoms with E-state index in [1.807, 2.05) is 20.8 Å². The van der Waals surface area contributed by atoms with E-state index in [0.717, 1.165) is 0 Å². The molecule has 1 saturated carbocycles. The SMILES string of the molecule is CC(Cl)C(C)(C)NC(=O)CC1CC1. The lowest BCUT2D eigenvalue weighted by atomic mass is 10.0. The Bertz CT molecular complexity index is 197. The predicted octanol–water partition coefficient (Wildman–Crippen LogP) is 2.31. The summed E-state index contributed by atoms with van der Waals surface area (Å²) >= 11 is 5.95. The molecule has 1 atom stereocenters. The molecule has 1 amide bonds. The van der Waals surface area contributed by atoms with Crippen molar-refractivity contribution >= 4 is 17.5 Å². The summed E-state index contributed by atoms with van der Waals surface area (Å²) in [5, 5.41) is 2.91. The first kappa shape index (κ1) is 10.8. The van der Waals surface area contributed by atoms with Crippen molar-refractivity contribution in [1.29, 1.82) is 0 Å². The Hall–Kier alpha value is -0.240. The number of alkyl halides is 1. The molecule has 1 aliphatic rings. The number of nitrogens with one attached hydrogen (secondary N) is 1. The lowest BCUT2D eigenvalue weighted by Crippen LogP contribution is -2.49. The van der Waals surface area contributed by atoms with Crippen molar-refractivity contribution in [2.24, 2.45) is 5.92 Å². The molecule has 0 bridgehead atoms. The van der Waals surface area contributed by atoms with Gasteiger partial charge in [-0.1, -0.05) is 0 Å². The van der Waals surface area contributed by atoms with Crippen LogP contribution in [-0.2, 0) is 4.79 Å². The smallest absolute Gasteiger partial charge is 0.220 e. The molecule has 13 heavy (non-hydrogen) atoms. The predicted molar refractivity (Wildman–Crippen MR) is 54.9 cm³/mol. The minimum Gasteiger partial charge on any atom is -0.350 e. The topological polar surface area (TPSA) is 29.1 Å². The number of hydrogen-bond donors (Lipinski definition) is 1. The molecular weight excluding hydrogens is 186 g/mol. The molecular formula is C10H18ClNO. The summed E-state index contributed by atoms with van der Waals surface area (Å²) in [6, 6.07) is 0. The fraction of sp³-hybridized carbons (Fsp3) is 0.900. The van der Waals surface area contributed by atoms with Crippen LogP contribution in [0, 0.1) is 5.92 Å². The van der Waals surface area contributed by atoms with Crippen molar-refractivity contribution in [1.82, 2.24) is 5.32 Å².